The molecule has 0 aromatic rings. The van der Waals surface area contributed by atoms with Crippen LogP contribution in [0.1, 0.15) is 52.9 Å². The van der Waals surface area contributed by atoms with Gasteiger partial charge in [-0.3, -0.25) is 4.79 Å². The van der Waals surface area contributed by atoms with Crippen LogP contribution < -0.4 is 5.32 Å². The van der Waals surface area contributed by atoms with Crippen molar-refractivity contribution in [2.45, 2.75) is 65.0 Å². The van der Waals surface area contributed by atoms with Crippen molar-refractivity contribution in [3.8, 4) is 0 Å². The van der Waals surface area contributed by atoms with E-state index in [1.54, 1.807) is 0 Å². The number of hydrogen-bond donors (Lipinski definition) is 2. The number of carbonyl (C=O) groups is 1. The number of carbonyl (C=O) groups excluding carboxylic acids is 1. The lowest BCUT2D eigenvalue weighted by Crippen LogP contribution is -2.32. The molecule has 0 radical (unpaired) electrons. The van der Waals surface area contributed by atoms with Crippen molar-refractivity contribution >= 4 is 5.91 Å². The molecule has 0 fully saturated rings. The van der Waals surface area contributed by atoms with E-state index in [2.05, 4.69) is 5.32 Å². The molecule has 0 spiro atoms. The molecule has 14 heavy (non-hydrogen) atoms. The minimum Gasteiger partial charge on any atom is -0.393 e. The lowest BCUT2D eigenvalue weighted by Gasteiger charge is -2.15. The highest BCUT2D eigenvalue weighted by molar-refractivity contribution is 5.76. The highest BCUT2D eigenvalue weighted by atomic mass is 16.3. The van der Waals surface area contributed by atoms with Crippen LogP contribution in [0.2, 0.25) is 0 Å². The summed E-state index contributed by atoms with van der Waals surface area (Å²) in [6, 6.07) is 0.176. The summed E-state index contributed by atoms with van der Waals surface area (Å²) in [4.78, 5) is 11.2. The van der Waals surface area contributed by atoms with Gasteiger partial charge in [-0.2, -0.15) is 0 Å². The Morgan fingerprint density at radius 1 is 1.36 bits per heavy atom. The Morgan fingerprint density at radius 2 is 2.00 bits per heavy atom. The van der Waals surface area contributed by atoms with Crippen molar-refractivity contribution in [1.82, 2.24) is 5.32 Å². The van der Waals surface area contributed by atoms with Crippen LogP contribution in [0.5, 0.6) is 0 Å². The topological polar surface area (TPSA) is 49.3 Å². The first kappa shape index (κ1) is 13.4. The Kier molecular flexibility index (Phi) is 7.48. The maximum atomic E-state index is 11.2. The average Bonchev–Trinajstić information content (AvgIpc) is 2.14. The predicted molar refractivity (Wildman–Crippen MR) is 58.0 cm³/mol. The van der Waals surface area contributed by atoms with Crippen LogP contribution in [-0.4, -0.2) is 23.2 Å². The standard InChI is InChI=1S/C11H23NO2/c1-4-6-11(14)12-9(3)7-8-10(13)5-2/h9-10,13H,4-8H2,1-3H3,(H,12,14)/t9?,10-/m0/s1. The third kappa shape index (κ3) is 6.89. The number of rotatable bonds is 7. The second-order valence-electron chi connectivity index (χ2n) is 3.86. The Labute approximate surface area is 86.9 Å². The first-order valence-corrected chi connectivity index (χ1v) is 5.57. The van der Waals surface area contributed by atoms with Crippen molar-refractivity contribution in [2.24, 2.45) is 0 Å². The molecule has 3 heteroatoms. The molecule has 0 rings (SSSR count). The zero-order valence-corrected chi connectivity index (χ0v) is 9.55. The van der Waals surface area contributed by atoms with Gasteiger partial charge >= 0.3 is 0 Å². The summed E-state index contributed by atoms with van der Waals surface area (Å²) in [6.07, 6.45) is 3.67. The van der Waals surface area contributed by atoms with Gasteiger partial charge in [0.2, 0.25) is 5.91 Å². The third-order valence-electron chi connectivity index (χ3n) is 2.29. The van der Waals surface area contributed by atoms with Gasteiger partial charge in [-0.05, 0) is 32.6 Å². The minimum absolute atomic E-state index is 0.117. The molecule has 1 unspecified atom stereocenters. The second-order valence-corrected chi connectivity index (χ2v) is 3.86. The van der Waals surface area contributed by atoms with E-state index in [1.165, 1.54) is 0 Å². The maximum absolute atomic E-state index is 11.2. The van der Waals surface area contributed by atoms with Gasteiger partial charge < -0.3 is 10.4 Å². The molecular weight excluding hydrogens is 178 g/mol. The van der Waals surface area contributed by atoms with Crippen LogP contribution in [-0.2, 0) is 4.79 Å². The van der Waals surface area contributed by atoms with Crippen LogP contribution in [0.3, 0.4) is 0 Å². The lowest BCUT2D eigenvalue weighted by atomic mass is 10.1. The minimum atomic E-state index is -0.222. The summed E-state index contributed by atoms with van der Waals surface area (Å²) >= 11 is 0. The van der Waals surface area contributed by atoms with E-state index < -0.39 is 0 Å². The zero-order valence-electron chi connectivity index (χ0n) is 9.55. The summed E-state index contributed by atoms with van der Waals surface area (Å²) in [7, 11) is 0. The molecule has 0 heterocycles. The van der Waals surface area contributed by atoms with Gasteiger partial charge in [-0.1, -0.05) is 13.8 Å². The van der Waals surface area contributed by atoms with E-state index in [-0.39, 0.29) is 18.1 Å². The molecule has 0 saturated heterocycles. The number of aliphatic hydroxyl groups is 1. The molecule has 0 aliphatic heterocycles. The normalized spacial score (nSPS) is 14.9. The van der Waals surface area contributed by atoms with Crippen molar-refractivity contribution in [1.29, 1.82) is 0 Å². The number of aliphatic hydroxyl groups excluding tert-OH is 1. The van der Waals surface area contributed by atoms with Gasteiger partial charge in [0.25, 0.3) is 0 Å². The van der Waals surface area contributed by atoms with E-state index in [1.807, 2.05) is 20.8 Å². The van der Waals surface area contributed by atoms with Crippen LogP contribution in [0.25, 0.3) is 0 Å². The van der Waals surface area contributed by atoms with Crippen molar-refractivity contribution in [3.63, 3.8) is 0 Å². The lowest BCUT2D eigenvalue weighted by molar-refractivity contribution is -0.121. The molecule has 2 N–H and O–H groups in total. The fourth-order valence-corrected chi connectivity index (χ4v) is 1.29. The van der Waals surface area contributed by atoms with Crippen molar-refractivity contribution in [2.75, 3.05) is 0 Å². The van der Waals surface area contributed by atoms with Crippen LogP contribution >= 0.6 is 0 Å². The first-order chi connectivity index (χ1) is 6.60. The Hall–Kier alpha value is -0.570. The molecule has 0 aromatic carbocycles. The quantitative estimate of drug-likeness (QED) is 0.660. The summed E-state index contributed by atoms with van der Waals surface area (Å²) in [5, 5.41) is 12.2. The SMILES string of the molecule is CCCC(=O)NC(C)CC[C@@H](O)CC. The molecule has 0 bridgehead atoms. The predicted octanol–water partition coefficient (Wildman–Crippen LogP) is 1.84. The molecule has 0 saturated carbocycles. The fourth-order valence-electron chi connectivity index (χ4n) is 1.29. The molecule has 2 atom stereocenters. The molecule has 84 valence electrons. The van der Waals surface area contributed by atoms with Crippen LogP contribution in [0, 0.1) is 0 Å². The summed E-state index contributed by atoms with van der Waals surface area (Å²) in [5.41, 5.74) is 0. The summed E-state index contributed by atoms with van der Waals surface area (Å²) in [6.45, 7) is 5.94. The van der Waals surface area contributed by atoms with E-state index in [9.17, 15) is 9.90 Å². The van der Waals surface area contributed by atoms with Crippen molar-refractivity contribution in [3.05, 3.63) is 0 Å². The Morgan fingerprint density at radius 3 is 2.50 bits per heavy atom. The monoisotopic (exact) mass is 201 g/mol. The molecule has 0 aliphatic rings. The third-order valence-corrected chi connectivity index (χ3v) is 2.29. The molecular formula is C11H23NO2. The van der Waals surface area contributed by atoms with Crippen LogP contribution in [0.4, 0.5) is 0 Å². The van der Waals surface area contributed by atoms with Gasteiger partial charge in [0.15, 0.2) is 0 Å². The van der Waals surface area contributed by atoms with E-state index in [0.29, 0.717) is 6.42 Å². The number of nitrogens with one attached hydrogen (secondary N) is 1. The summed E-state index contributed by atoms with van der Waals surface area (Å²) in [5.74, 6) is 0.117. The van der Waals surface area contributed by atoms with E-state index in [4.69, 9.17) is 0 Å². The van der Waals surface area contributed by atoms with Crippen LogP contribution in [0.15, 0.2) is 0 Å². The summed E-state index contributed by atoms with van der Waals surface area (Å²) < 4.78 is 0. The average molecular weight is 201 g/mol. The van der Waals surface area contributed by atoms with Gasteiger partial charge in [-0.15, -0.1) is 0 Å². The Balaban J connectivity index is 3.54. The number of hydrogen-bond acceptors (Lipinski definition) is 2. The fraction of sp³-hybridized carbons (Fsp3) is 0.909. The zero-order chi connectivity index (χ0) is 11.0. The van der Waals surface area contributed by atoms with Gasteiger partial charge in [0.1, 0.15) is 0 Å². The highest BCUT2D eigenvalue weighted by Crippen LogP contribution is 2.04. The van der Waals surface area contributed by atoms with Gasteiger partial charge in [-0.25, -0.2) is 0 Å². The molecule has 3 nitrogen and oxygen atoms in total. The maximum Gasteiger partial charge on any atom is 0.220 e. The van der Waals surface area contributed by atoms with E-state index >= 15 is 0 Å². The highest BCUT2D eigenvalue weighted by Gasteiger charge is 2.08. The molecule has 1 amide bonds. The van der Waals surface area contributed by atoms with E-state index in [0.717, 1.165) is 25.7 Å². The Bertz CT molecular complexity index is 159. The molecule has 0 aromatic heterocycles. The van der Waals surface area contributed by atoms with Gasteiger partial charge in [0.05, 0.1) is 6.10 Å². The first-order valence-electron chi connectivity index (χ1n) is 5.57. The molecule has 0 aliphatic carbocycles. The van der Waals surface area contributed by atoms with Crippen molar-refractivity contribution < 1.29 is 9.90 Å². The van der Waals surface area contributed by atoms with Gasteiger partial charge in [0, 0.05) is 12.5 Å². The largest absolute Gasteiger partial charge is 0.393 e. The smallest absolute Gasteiger partial charge is 0.220 e. The number of amides is 1. The second kappa shape index (κ2) is 7.80.